The molecular weight excluding hydrogens is 288 g/mol. The van der Waals surface area contributed by atoms with Crippen molar-refractivity contribution in [3.05, 3.63) is 54.1 Å². The molecule has 0 heterocycles. The molecule has 2 aromatic rings. The summed E-state index contributed by atoms with van der Waals surface area (Å²) in [5.74, 6) is 0.688. The van der Waals surface area contributed by atoms with E-state index in [0.29, 0.717) is 17.1 Å². The molecule has 0 radical (unpaired) electrons. The molecule has 0 bridgehead atoms. The summed E-state index contributed by atoms with van der Waals surface area (Å²) in [5.41, 5.74) is 7.63. The van der Waals surface area contributed by atoms with Gasteiger partial charge < -0.3 is 10.5 Å². The van der Waals surface area contributed by atoms with Crippen LogP contribution in [0.15, 0.2) is 48.5 Å². The van der Waals surface area contributed by atoms with E-state index in [1.807, 2.05) is 24.3 Å². The number of benzene rings is 2. The highest BCUT2D eigenvalue weighted by atomic mass is 32.2. The fraction of sp³-hybridized carbons (Fsp3) is 0.200. The number of rotatable bonds is 5. The molecule has 0 spiro atoms. The number of hydrogen-bond acceptors (Lipinski definition) is 4. The van der Waals surface area contributed by atoms with E-state index < -0.39 is 10.0 Å². The van der Waals surface area contributed by atoms with Crippen LogP contribution in [0.2, 0.25) is 0 Å². The summed E-state index contributed by atoms with van der Waals surface area (Å²) in [6, 6.07) is 14.1. The van der Waals surface area contributed by atoms with Crippen molar-refractivity contribution in [2.24, 2.45) is 0 Å². The fourth-order valence-corrected chi connectivity index (χ4v) is 2.90. The number of methoxy groups -OCH3 is 1. The van der Waals surface area contributed by atoms with Gasteiger partial charge in [-0.2, -0.15) is 0 Å². The molecule has 0 saturated carbocycles. The van der Waals surface area contributed by atoms with Gasteiger partial charge in [-0.25, -0.2) is 8.42 Å². The quantitative estimate of drug-likeness (QED) is 0.860. The zero-order valence-corrected chi connectivity index (χ0v) is 12.8. The molecule has 0 fully saturated rings. The van der Waals surface area contributed by atoms with E-state index in [1.54, 1.807) is 31.4 Å². The van der Waals surface area contributed by atoms with Gasteiger partial charge in [-0.05, 0) is 35.9 Å². The summed E-state index contributed by atoms with van der Waals surface area (Å²) < 4.78 is 30.6. The molecule has 5 nitrogen and oxygen atoms in total. The van der Waals surface area contributed by atoms with E-state index in [0.717, 1.165) is 5.56 Å². The second-order valence-electron chi connectivity index (χ2n) is 4.72. The van der Waals surface area contributed by atoms with Gasteiger partial charge in [0.05, 0.1) is 25.6 Å². The second kappa shape index (κ2) is 6.05. The summed E-state index contributed by atoms with van der Waals surface area (Å²) in [6.45, 7) is 0.222. The predicted octanol–water partition coefficient (Wildman–Crippen LogP) is 2.24. The van der Waals surface area contributed by atoms with Crippen molar-refractivity contribution in [2.75, 3.05) is 23.4 Å². The molecule has 6 heteroatoms. The lowest BCUT2D eigenvalue weighted by molar-refractivity contribution is 0.414. The summed E-state index contributed by atoms with van der Waals surface area (Å²) in [4.78, 5) is 0. The predicted molar refractivity (Wildman–Crippen MR) is 84.9 cm³/mol. The number of anilines is 2. The maximum atomic E-state index is 12.1. The minimum Gasteiger partial charge on any atom is -0.497 e. The first-order valence-electron chi connectivity index (χ1n) is 6.36. The van der Waals surface area contributed by atoms with Gasteiger partial charge in [-0.15, -0.1) is 0 Å². The van der Waals surface area contributed by atoms with Gasteiger partial charge in [0.1, 0.15) is 5.75 Å². The number of nitrogens with two attached hydrogens (primary N) is 1. The van der Waals surface area contributed by atoms with Crippen LogP contribution in [0.3, 0.4) is 0 Å². The molecule has 0 aliphatic carbocycles. The second-order valence-corrected chi connectivity index (χ2v) is 6.62. The topological polar surface area (TPSA) is 72.6 Å². The normalized spacial score (nSPS) is 11.1. The van der Waals surface area contributed by atoms with Crippen molar-refractivity contribution >= 4 is 21.4 Å². The van der Waals surface area contributed by atoms with Gasteiger partial charge in [-0.3, -0.25) is 4.31 Å². The Kier molecular flexibility index (Phi) is 4.37. The van der Waals surface area contributed by atoms with Crippen molar-refractivity contribution in [3.8, 4) is 5.75 Å². The highest BCUT2D eigenvalue weighted by Crippen LogP contribution is 2.23. The number of nitrogens with zero attached hydrogens (tertiary/aromatic N) is 1. The molecule has 0 aliphatic heterocycles. The number of nitrogen functional groups attached to an aromatic ring is 1. The maximum absolute atomic E-state index is 12.1. The molecule has 0 saturated heterocycles. The molecular formula is C15H18N2O3S. The number of sulfonamides is 1. The Labute approximate surface area is 125 Å². The van der Waals surface area contributed by atoms with Crippen LogP contribution in [0.5, 0.6) is 5.75 Å². The fourth-order valence-electron chi connectivity index (χ4n) is 2.02. The van der Waals surface area contributed by atoms with Gasteiger partial charge in [0.25, 0.3) is 0 Å². The van der Waals surface area contributed by atoms with Crippen LogP contribution >= 0.6 is 0 Å². The summed E-state index contributed by atoms with van der Waals surface area (Å²) in [5, 5.41) is 0. The van der Waals surface area contributed by atoms with Gasteiger partial charge >= 0.3 is 0 Å². The van der Waals surface area contributed by atoms with Crippen LogP contribution in [0, 0.1) is 0 Å². The first-order valence-corrected chi connectivity index (χ1v) is 8.21. The van der Waals surface area contributed by atoms with E-state index in [9.17, 15) is 8.42 Å². The average Bonchev–Trinajstić information content (AvgIpc) is 2.44. The molecule has 0 atom stereocenters. The van der Waals surface area contributed by atoms with Gasteiger partial charge in [0, 0.05) is 5.69 Å². The summed E-state index contributed by atoms with van der Waals surface area (Å²) in [6.07, 6.45) is 1.18. The van der Waals surface area contributed by atoms with Crippen LogP contribution in [0.4, 0.5) is 11.4 Å². The Morgan fingerprint density at radius 3 is 2.48 bits per heavy atom. The van der Waals surface area contributed by atoms with Crippen molar-refractivity contribution in [1.82, 2.24) is 0 Å². The molecule has 2 aromatic carbocycles. The Morgan fingerprint density at radius 2 is 1.86 bits per heavy atom. The van der Waals surface area contributed by atoms with Crippen LogP contribution in [-0.4, -0.2) is 21.8 Å². The van der Waals surface area contributed by atoms with E-state index in [2.05, 4.69) is 0 Å². The largest absolute Gasteiger partial charge is 0.497 e. The van der Waals surface area contributed by atoms with Gasteiger partial charge in [-0.1, -0.05) is 18.2 Å². The zero-order chi connectivity index (χ0) is 15.5. The monoisotopic (exact) mass is 306 g/mol. The minimum absolute atomic E-state index is 0.222. The highest BCUT2D eigenvalue weighted by molar-refractivity contribution is 7.92. The minimum atomic E-state index is -3.42. The van der Waals surface area contributed by atoms with Crippen molar-refractivity contribution in [2.45, 2.75) is 6.54 Å². The molecule has 21 heavy (non-hydrogen) atoms. The Morgan fingerprint density at radius 1 is 1.14 bits per heavy atom. The number of ether oxygens (including phenoxy) is 1. The molecule has 0 unspecified atom stereocenters. The summed E-state index contributed by atoms with van der Waals surface area (Å²) in [7, 11) is -1.84. The standard InChI is InChI=1S/C15H18N2O3S/c1-20-15-8-3-5-12(9-15)11-17(21(2,18)19)14-7-4-6-13(16)10-14/h3-10H,11,16H2,1-2H3. The van der Waals surface area contributed by atoms with Crippen molar-refractivity contribution in [1.29, 1.82) is 0 Å². The van der Waals surface area contributed by atoms with Gasteiger partial charge in [0.15, 0.2) is 0 Å². The Hall–Kier alpha value is -2.21. The third-order valence-corrected chi connectivity index (χ3v) is 4.16. The molecule has 112 valence electrons. The van der Waals surface area contributed by atoms with E-state index in [1.165, 1.54) is 10.6 Å². The number of hydrogen-bond donors (Lipinski definition) is 1. The lowest BCUT2D eigenvalue weighted by atomic mass is 10.2. The zero-order valence-electron chi connectivity index (χ0n) is 12.0. The highest BCUT2D eigenvalue weighted by Gasteiger charge is 2.18. The van der Waals surface area contributed by atoms with Crippen LogP contribution in [-0.2, 0) is 16.6 Å². The van der Waals surface area contributed by atoms with Crippen LogP contribution in [0.25, 0.3) is 0 Å². The molecule has 2 rings (SSSR count). The first kappa shape index (κ1) is 15.2. The Balaban J connectivity index is 2.38. The Bertz CT molecular complexity index is 729. The van der Waals surface area contributed by atoms with Crippen LogP contribution in [0.1, 0.15) is 5.56 Å². The maximum Gasteiger partial charge on any atom is 0.232 e. The van der Waals surface area contributed by atoms with E-state index in [4.69, 9.17) is 10.5 Å². The van der Waals surface area contributed by atoms with Crippen molar-refractivity contribution in [3.63, 3.8) is 0 Å². The average molecular weight is 306 g/mol. The van der Waals surface area contributed by atoms with Crippen LogP contribution < -0.4 is 14.8 Å². The molecule has 2 N–H and O–H groups in total. The SMILES string of the molecule is COc1cccc(CN(c2cccc(N)c2)S(C)(=O)=O)c1. The van der Waals surface area contributed by atoms with E-state index in [-0.39, 0.29) is 6.54 Å². The van der Waals surface area contributed by atoms with Crippen molar-refractivity contribution < 1.29 is 13.2 Å². The lowest BCUT2D eigenvalue weighted by Crippen LogP contribution is -2.29. The van der Waals surface area contributed by atoms with Gasteiger partial charge in [0.2, 0.25) is 10.0 Å². The molecule has 0 aliphatic rings. The third kappa shape index (κ3) is 3.88. The smallest absolute Gasteiger partial charge is 0.232 e. The molecule has 0 aromatic heterocycles. The third-order valence-electron chi connectivity index (χ3n) is 3.02. The molecule has 0 amide bonds. The lowest BCUT2D eigenvalue weighted by Gasteiger charge is -2.23. The van der Waals surface area contributed by atoms with E-state index >= 15 is 0 Å². The summed E-state index contributed by atoms with van der Waals surface area (Å²) >= 11 is 0. The first-order chi connectivity index (χ1) is 9.90.